The molecule has 0 aromatic heterocycles. The van der Waals surface area contributed by atoms with Crippen molar-refractivity contribution in [2.75, 3.05) is 13.2 Å². The summed E-state index contributed by atoms with van der Waals surface area (Å²) < 4.78 is 9.48. The maximum absolute atomic E-state index is 10.9. The molecule has 0 saturated heterocycles. The van der Waals surface area contributed by atoms with Crippen LogP contribution in [0.5, 0.6) is 0 Å². The number of carbonyl (C=O) groups is 2. The Bertz CT molecular complexity index is 203. The molecule has 0 aliphatic heterocycles. The van der Waals surface area contributed by atoms with Crippen molar-refractivity contribution in [2.45, 2.75) is 34.1 Å². The number of ketones is 1. The molecule has 4 nitrogen and oxygen atoms in total. The van der Waals surface area contributed by atoms with Gasteiger partial charge in [0, 0.05) is 6.42 Å². The van der Waals surface area contributed by atoms with Crippen molar-refractivity contribution in [3.05, 3.63) is 0 Å². The highest BCUT2D eigenvalue weighted by molar-refractivity contribution is 5.75. The van der Waals surface area contributed by atoms with E-state index in [4.69, 9.17) is 4.74 Å². The van der Waals surface area contributed by atoms with Crippen molar-refractivity contribution in [3.63, 3.8) is 0 Å². The predicted octanol–water partition coefficient (Wildman–Crippen LogP) is 2.16. The lowest BCUT2D eigenvalue weighted by atomic mass is 9.99. The molecular weight excluding hydrogens is 184 g/mol. The fourth-order valence-electron chi connectivity index (χ4n) is 0.595. The number of carbonyl (C=O) groups excluding carboxylic acids is 2. The smallest absolute Gasteiger partial charge is 0.434 e. The van der Waals surface area contributed by atoms with Gasteiger partial charge < -0.3 is 9.47 Å². The lowest BCUT2D eigenvalue weighted by molar-refractivity contribution is -0.117. The van der Waals surface area contributed by atoms with E-state index in [1.807, 2.05) is 20.8 Å². The molecule has 0 radical (unpaired) electrons. The summed E-state index contributed by atoms with van der Waals surface area (Å²) in [5.41, 5.74) is -0.0698. The van der Waals surface area contributed by atoms with Crippen LogP contribution in [0.25, 0.3) is 0 Å². The first-order valence-corrected chi connectivity index (χ1v) is 4.60. The molecule has 0 atom stereocenters. The monoisotopic (exact) mass is 202 g/mol. The minimum atomic E-state index is -0.707. The van der Waals surface area contributed by atoms with Crippen LogP contribution in [0.1, 0.15) is 34.1 Å². The van der Waals surface area contributed by atoms with Gasteiger partial charge in [0.25, 0.3) is 0 Å². The van der Waals surface area contributed by atoms with Crippen molar-refractivity contribution in [3.8, 4) is 0 Å². The van der Waals surface area contributed by atoms with Crippen LogP contribution in [-0.4, -0.2) is 25.2 Å². The highest BCUT2D eigenvalue weighted by Crippen LogP contribution is 2.13. The van der Waals surface area contributed by atoms with Gasteiger partial charge in [-0.1, -0.05) is 20.8 Å². The molecule has 0 heterocycles. The van der Waals surface area contributed by atoms with Gasteiger partial charge in [0.1, 0.15) is 12.4 Å². The molecule has 0 bridgehead atoms. The summed E-state index contributed by atoms with van der Waals surface area (Å²) in [6, 6.07) is 0. The lowest BCUT2D eigenvalue weighted by Crippen LogP contribution is -2.19. The molecule has 0 amide bonds. The molecular formula is C10H18O4. The Labute approximate surface area is 84.6 Å². The fraction of sp³-hybridized carbons (Fsp3) is 0.800. The summed E-state index contributed by atoms with van der Waals surface area (Å²) in [5.74, 6) is -0.00591. The molecule has 0 rings (SSSR count). The molecule has 0 fully saturated rings. The molecule has 14 heavy (non-hydrogen) atoms. The molecule has 0 N–H and O–H groups in total. The van der Waals surface area contributed by atoms with Gasteiger partial charge in [0.15, 0.2) is 0 Å². The third kappa shape index (κ3) is 9.03. The molecule has 0 aromatic carbocycles. The van der Waals surface area contributed by atoms with E-state index in [9.17, 15) is 9.59 Å². The van der Waals surface area contributed by atoms with E-state index < -0.39 is 6.16 Å². The van der Waals surface area contributed by atoms with Gasteiger partial charge in [0.2, 0.25) is 0 Å². The number of ether oxygens (including phenoxy) is 2. The first-order valence-electron chi connectivity index (χ1n) is 4.60. The highest BCUT2D eigenvalue weighted by atomic mass is 16.7. The van der Waals surface area contributed by atoms with Crippen LogP contribution in [0.3, 0.4) is 0 Å². The molecule has 0 aromatic rings. The Morgan fingerprint density at radius 3 is 2.14 bits per heavy atom. The molecule has 4 heteroatoms. The van der Waals surface area contributed by atoms with Crippen LogP contribution in [0.15, 0.2) is 0 Å². The van der Waals surface area contributed by atoms with E-state index in [1.54, 1.807) is 0 Å². The Morgan fingerprint density at radius 1 is 1.14 bits per heavy atom. The van der Waals surface area contributed by atoms with Gasteiger partial charge in [-0.05, 0) is 12.3 Å². The van der Waals surface area contributed by atoms with Crippen molar-refractivity contribution in [1.29, 1.82) is 0 Å². The second-order valence-electron chi connectivity index (χ2n) is 4.40. The third-order valence-electron chi connectivity index (χ3n) is 1.30. The Hall–Kier alpha value is -1.06. The van der Waals surface area contributed by atoms with Crippen molar-refractivity contribution >= 4 is 11.9 Å². The van der Waals surface area contributed by atoms with Gasteiger partial charge in [-0.15, -0.1) is 0 Å². The summed E-state index contributed by atoms with van der Waals surface area (Å²) in [7, 11) is 0. The van der Waals surface area contributed by atoms with E-state index in [1.165, 1.54) is 6.92 Å². The molecule has 0 aliphatic rings. The topological polar surface area (TPSA) is 52.6 Å². The first kappa shape index (κ1) is 12.9. The molecule has 82 valence electrons. The summed E-state index contributed by atoms with van der Waals surface area (Å²) in [4.78, 5) is 21.4. The highest BCUT2D eigenvalue weighted by Gasteiger charge is 2.14. The average molecular weight is 202 g/mol. The number of hydrogen-bond acceptors (Lipinski definition) is 4. The maximum Gasteiger partial charge on any atom is 0.508 e. The van der Waals surface area contributed by atoms with Crippen LogP contribution in [-0.2, 0) is 14.3 Å². The zero-order valence-electron chi connectivity index (χ0n) is 9.25. The lowest BCUT2D eigenvalue weighted by Gasteiger charge is -2.17. The molecule has 0 unspecified atom stereocenters. The van der Waals surface area contributed by atoms with Crippen molar-refractivity contribution in [2.24, 2.45) is 5.41 Å². The van der Waals surface area contributed by atoms with Crippen LogP contribution >= 0.6 is 0 Å². The zero-order valence-corrected chi connectivity index (χ0v) is 9.25. The van der Waals surface area contributed by atoms with Crippen molar-refractivity contribution < 1.29 is 19.1 Å². The van der Waals surface area contributed by atoms with Gasteiger partial charge in [-0.3, -0.25) is 4.79 Å². The largest absolute Gasteiger partial charge is 0.508 e. The summed E-state index contributed by atoms with van der Waals surface area (Å²) in [5, 5.41) is 0. The first-order chi connectivity index (χ1) is 6.31. The van der Waals surface area contributed by atoms with Crippen molar-refractivity contribution in [1.82, 2.24) is 0 Å². The third-order valence-corrected chi connectivity index (χ3v) is 1.30. The fourth-order valence-corrected chi connectivity index (χ4v) is 0.595. The Morgan fingerprint density at radius 2 is 1.71 bits per heavy atom. The standard InChI is InChI=1S/C10H18O4/c1-8(11)5-6-13-9(12)14-7-10(2,3)4/h5-7H2,1-4H3. The second-order valence-corrected chi connectivity index (χ2v) is 4.40. The average Bonchev–Trinajstić information content (AvgIpc) is 1.99. The van der Waals surface area contributed by atoms with Gasteiger partial charge in [-0.25, -0.2) is 4.79 Å². The van der Waals surface area contributed by atoms with Gasteiger partial charge in [-0.2, -0.15) is 0 Å². The number of Topliss-reactive ketones (excluding diaryl/α,β-unsaturated/α-hetero) is 1. The molecule has 0 saturated carbocycles. The van der Waals surface area contributed by atoms with Crippen LogP contribution in [0.2, 0.25) is 0 Å². The Kier molecular flexibility index (Phi) is 5.20. The van der Waals surface area contributed by atoms with Crippen LogP contribution in [0.4, 0.5) is 4.79 Å². The predicted molar refractivity (Wildman–Crippen MR) is 52.1 cm³/mol. The van der Waals surface area contributed by atoms with E-state index in [0.717, 1.165) is 0 Å². The summed E-state index contributed by atoms with van der Waals surface area (Å²) in [6.45, 7) is 7.72. The van der Waals surface area contributed by atoms with E-state index in [2.05, 4.69) is 4.74 Å². The molecule has 0 spiro atoms. The quantitative estimate of drug-likeness (QED) is 0.655. The second kappa shape index (κ2) is 5.62. The zero-order chi connectivity index (χ0) is 11.2. The normalized spacial score (nSPS) is 10.9. The molecule has 0 aliphatic carbocycles. The Balaban J connectivity index is 3.52. The van der Waals surface area contributed by atoms with Crippen LogP contribution in [0, 0.1) is 5.41 Å². The minimum absolute atomic E-state index is 0.00591. The van der Waals surface area contributed by atoms with E-state index in [-0.39, 0.29) is 24.2 Å². The van der Waals surface area contributed by atoms with E-state index in [0.29, 0.717) is 6.61 Å². The van der Waals surface area contributed by atoms with Gasteiger partial charge >= 0.3 is 6.16 Å². The number of rotatable bonds is 4. The summed E-state index contributed by atoms with van der Waals surface area (Å²) >= 11 is 0. The minimum Gasteiger partial charge on any atom is -0.434 e. The SMILES string of the molecule is CC(=O)CCOC(=O)OCC(C)(C)C. The summed E-state index contributed by atoms with van der Waals surface area (Å²) in [6.07, 6.45) is -0.467. The number of hydrogen-bond donors (Lipinski definition) is 0. The van der Waals surface area contributed by atoms with E-state index >= 15 is 0 Å². The van der Waals surface area contributed by atoms with Crippen LogP contribution < -0.4 is 0 Å². The van der Waals surface area contributed by atoms with Gasteiger partial charge in [0.05, 0.1) is 6.61 Å². The maximum atomic E-state index is 10.9.